The van der Waals surface area contributed by atoms with Crippen LogP contribution in [0.5, 0.6) is 0 Å². The maximum Gasteiger partial charge on any atom is 0.227 e. The molecule has 1 saturated heterocycles. The zero-order valence-corrected chi connectivity index (χ0v) is 10.3. The molecule has 1 aliphatic heterocycles. The zero-order chi connectivity index (χ0) is 11.6. The van der Waals surface area contributed by atoms with Crippen LogP contribution in [-0.4, -0.2) is 29.1 Å². The summed E-state index contributed by atoms with van der Waals surface area (Å²) in [5.41, 5.74) is -0.378. The fourth-order valence-electron chi connectivity index (χ4n) is 1.82. The summed E-state index contributed by atoms with van der Waals surface area (Å²) in [4.78, 5) is 24.8. The van der Waals surface area contributed by atoms with Crippen LogP contribution in [0.2, 0.25) is 0 Å². The first-order valence-corrected chi connectivity index (χ1v) is 5.69. The standard InChI is InChI=1S/C11H18ClNO2/c1-11(2,3)10(15)13-6-4-5-8(7-13)9(12)14/h8H,4-7H2,1-3H3. The molecule has 4 heteroatoms. The Morgan fingerprint density at radius 3 is 2.40 bits per heavy atom. The van der Waals surface area contributed by atoms with Gasteiger partial charge in [0.2, 0.25) is 11.1 Å². The lowest BCUT2D eigenvalue weighted by Crippen LogP contribution is -2.46. The van der Waals surface area contributed by atoms with Gasteiger partial charge in [0.05, 0.1) is 5.92 Å². The molecule has 1 fully saturated rings. The van der Waals surface area contributed by atoms with Crippen LogP contribution in [-0.2, 0) is 9.59 Å². The Kier molecular flexibility index (Phi) is 3.77. The van der Waals surface area contributed by atoms with Crippen molar-refractivity contribution in [3.05, 3.63) is 0 Å². The molecule has 86 valence electrons. The van der Waals surface area contributed by atoms with E-state index in [2.05, 4.69) is 0 Å². The fourth-order valence-corrected chi connectivity index (χ4v) is 2.00. The van der Waals surface area contributed by atoms with Crippen LogP contribution < -0.4 is 0 Å². The van der Waals surface area contributed by atoms with Crippen molar-refractivity contribution in [2.24, 2.45) is 11.3 Å². The van der Waals surface area contributed by atoms with Crippen LogP contribution in [0.3, 0.4) is 0 Å². The van der Waals surface area contributed by atoms with E-state index in [1.54, 1.807) is 4.90 Å². The number of rotatable bonds is 1. The average molecular weight is 232 g/mol. The third-order valence-electron chi connectivity index (χ3n) is 2.67. The van der Waals surface area contributed by atoms with Gasteiger partial charge in [0.25, 0.3) is 0 Å². The smallest absolute Gasteiger partial charge is 0.227 e. The van der Waals surface area contributed by atoms with E-state index >= 15 is 0 Å². The van der Waals surface area contributed by atoms with Gasteiger partial charge in [0.1, 0.15) is 0 Å². The number of hydrogen-bond acceptors (Lipinski definition) is 2. The third kappa shape index (κ3) is 3.20. The molecule has 0 saturated carbocycles. The van der Waals surface area contributed by atoms with Crippen LogP contribution in [0.15, 0.2) is 0 Å². The van der Waals surface area contributed by atoms with Gasteiger partial charge in [-0.3, -0.25) is 9.59 Å². The Morgan fingerprint density at radius 1 is 1.33 bits per heavy atom. The maximum atomic E-state index is 12.0. The van der Waals surface area contributed by atoms with Gasteiger partial charge in [0, 0.05) is 18.5 Å². The Hall–Kier alpha value is -0.570. The lowest BCUT2D eigenvalue weighted by molar-refractivity contribution is -0.141. The van der Waals surface area contributed by atoms with Gasteiger partial charge in [-0.1, -0.05) is 20.8 Å². The molecule has 1 aliphatic rings. The van der Waals surface area contributed by atoms with Crippen molar-refractivity contribution < 1.29 is 9.59 Å². The normalized spacial score (nSPS) is 22.7. The first-order valence-electron chi connectivity index (χ1n) is 5.31. The Labute approximate surface area is 95.8 Å². The molecule has 1 atom stereocenters. The van der Waals surface area contributed by atoms with Crippen molar-refractivity contribution in [2.75, 3.05) is 13.1 Å². The topological polar surface area (TPSA) is 37.4 Å². The molecule has 0 spiro atoms. The highest BCUT2D eigenvalue weighted by molar-refractivity contribution is 6.64. The van der Waals surface area contributed by atoms with Crippen LogP contribution >= 0.6 is 11.6 Å². The minimum Gasteiger partial charge on any atom is -0.341 e. The predicted molar refractivity (Wildman–Crippen MR) is 59.6 cm³/mol. The molecule has 1 amide bonds. The minimum absolute atomic E-state index is 0.102. The lowest BCUT2D eigenvalue weighted by Gasteiger charge is -2.35. The van der Waals surface area contributed by atoms with E-state index in [-0.39, 0.29) is 22.5 Å². The van der Waals surface area contributed by atoms with Crippen molar-refractivity contribution in [3.63, 3.8) is 0 Å². The summed E-state index contributed by atoms with van der Waals surface area (Å²) in [5, 5.41) is -0.318. The number of hydrogen-bond donors (Lipinski definition) is 0. The molecule has 15 heavy (non-hydrogen) atoms. The number of likely N-dealkylation sites (tertiary alicyclic amines) is 1. The van der Waals surface area contributed by atoms with Gasteiger partial charge >= 0.3 is 0 Å². The van der Waals surface area contributed by atoms with Gasteiger partial charge in [-0.2, -0.15) is 0 Å². The Morgan fingerprint density at radius 2 is 1.93 bits per heavy atom. The van der Waals surface area contributed by atoms with Crippen LogP contribution in [0.1, 0.15) is 33.6 Å². The highest BCUT2D eigenvalue weighted by atomic mass is 35.5. The van der Waals surface area contributed by atoms with Crippen molar-refractivity contribution in [2.45, 2.75) is 33.6 Å². The maximum absolute atomic E-state index is 12.0. The summed E-state index contributed by atoms with van der Waals surface area (Å²) >= 11 is 5.46. The first-order chi connectivity index (χ1) is 6.82. The molecule has 0 aromatic heterocycles. The van der Waals surface area contributed by atoms with Gasteiger partial charge in [-0.15, -0.1) is 0 Å². The lowest BCUT2D eigenvalue weighted by atomic mass is 9.91. The number of nitrogens with zero attached hydrogens (tertiary/aromatic N) is 1. The van der Waals surface area contributed by atoms with E-state index in [9.17, 15) is 9.59 Å². The molecule has 1 heterocycles. The second-order valence-electron chi connectivity index (χ2n) is 5.14. The van der Waals surface area contributed by atoms with Gasteiger partial charge in [-0.25, -0.2) is 0 Å². The molecule has 0 radical (unpaired) electrons. The molecule has 0 aliphatic carbocycles. The van der Waals surface area contributed by atoms with Crippen molar-refractivity contribution in [1.29, 1.82) is 0 Å². The van der Waals surface area contributed by atoms with E-state index in [4.69, 9.17) is 11.6 Å². The number of piperidine rings is 1. The first kappa shape index (κ1) is 12.5. The average Bonchev–Trinajstić information content (AvgIpc) is 2.15. The highest BCUT2D eigenvalue weighted by Crippen LogP contribution is 2.24. The molecule has 0 aromatic rings. The van der Waals surface area contributed by atoms with E-state index in [0.29, 0.717) is 6.54 Å². The number of carbonyl (C=O) groups excluding carboxylic acids is 2. The van der Waals surface area contributed by atoms with Gasteiger partial charge in [-0.05, 0) is 24.4 Å². The van der Waals surface area contributed by atoms with E-state index in [1.807, 2.05) is 20.8 Å². The van der Waals surface area contributed by atoms with Gasteiger partial charge in [0.15, 0.2) is 0 Å². The van der Waals surface area contributed by atoms with Crippen LogP contribution in [0, 0.1) is 11.3 Å². The van der Waals surface area contributed by atoms with Crippen molar-refractivity contribution in [1.82, 2.24) is 4.90 Å². The molecule has 0 N–H and O–H groups in total. The van der Waals surface area contributed by atoms with Gasteiger partial charge < -0.3 is 4.90 Å². The molecular weight excluding hydrogens is 214 g/mol. The van der Waals surface area contributed by atoms with Crippen LogP contribution in [0.4, 0.5) is 0 Å². The summed E-state index contributed by atoms with van der Waals surface area (Å²) in [6.07, 6.45) is 1.67. The predicted octanol–water partition coefficient (Wildman–Crippen LogP) is 2.04. The second kappa shape index (κ2) is 4.52. The van der Waals surface area contributed by atoms with Crippen molar-refractivity contribution >= 4 is 22.8 Å². The molecule has 1 unspecified atom stereocenters. The minimum atomic E-state index is -0.378. The summed E-state index contributed by atoms with van der Waals surface area (Å²) < 4.78 is 0. The number of carbonyl (C=O) groups is 2. The molecule has 0 bridgehead atoms. The van der Waals surface area contributed by atoms with E-state index in [0.717, 1.165) is 19.4 Å². The number of halogens is 1. The summed E-state index contributed by atoms with van der Waals surface area (Å²) in [6, 6.07) is 0. The molecule has 0 aromatic carbocycles. The molecule has 3 nitrogen and oxygen atoms in total. The quantitative estimate of drug-likeness (QED) is 0.648. The Balaban J connectivity index is 2.64. The van der Waals surface area contributed by atoms with E-state index in [1.165, 1.54) is 0 Å². The molecular formula is C11H18ClNO2. The fraction of sp³-hybridized carbons (Fsp3) is 0.818. The summed E-state index contributed by atoms with van der Waals surface area (Å²) in [6.45, 7) is 6.90. The zero-order valence-electron chi connectivity index (χ0n) is 9.55. The largest absolute Gasteiger partial charge is 0.341 e. The van der Waals surface area contributed by atoms with Crippen LogP contribution in [0.25, 0.3) is 0 Å². The monoisotopic (exact) mass is 231 g/mol. The SMILES string of the molecule is CC(C)(C)C(=O)N1CCCC(C(=O)Cl)C1. The third-order valence-corrected chi connectivity index (χ3v) is 2.98. The Bertz CT molecular complexity index is 270. The van der Waals surface area contributed by atoms with Crippen molar-refractivity contribution in [3.8, 4) is 0 Å². The van der Waals surface area contributed by atoms with E-state index < -0.39 is 0 Å². The summed E-state index contributed by atoms with van der Waals surface area (Å²) in [5.74, 6) is -0.0724. The summed E-state index contributed by atoms with van der Waals surface area (Å²) in [7, 11) is 0. The molecule has 1 rings (SSSR count). The highest BCUT2D eigenvalue weighted by Gasteiger charge is 2.32. The second-order valence-corrected chi connectivity index (χ2v) is 5.52. The number of amides is 1.